The molecule has 5 nitrogen and oxygen atoms in total. The number of ether oxygens (including phenoxy) is 1. The zero-order valence-electron chi connectivity index (χ0n) is 11.3. The van der Waals surface area contributed by atoms with Crippen molar-refractivity contribution in [1.29, 1.82) is 0 Å². The highest BCUT2D eigenvalue weighted by Crippen LogP contribution is 2.37. The Balaban J connectivity index is 2.33. The quantitative estimate of drug-likeness (QED) is 0.770. The maximum absolute atomic E-state index is 12.1. The predicted octanol–water partition coefficient (Wildman–Crippen LogP) is 2.31. The van der Waals surface area contributed by atoms with Crippen molar-refractivity contribution >= 4 is 5.97 Å². The fourth-order valence-corrected chi connectivity index (χ4v) is 2.80. The minimum atomic E-state index is -0.262. The average molecular weight is 251 g/mol. The SMILES string of the molecule is COC(=O)C(c1nncn1C(C)C)C1CCCC1. The van der Waals surface area contributed by atoms with Gasteiger partial charge in [0.2, 0.25) is 0 Å². The highest BCUT2D eigenvalue weighted by atomic mass is 16.5. The second-order valence-electron chi connectivity index (χ2n) is 5.24. The maximum atomic E-state index is 12.1. The first-order valence-electron chi connectivity index (χ1n) is 6.62. The molecule has 2 rings (SSSR count). The lowest BCUT2D eigenvalue weighted by Gasteiger charge is -2.22. The van der Waals surface area contributed by atoms with Crippen molar-refractivity contribution in [2.75, 3.05) is 7.11 Å². The van der Waals surface area contributed by atoms with E-state index in [1.54, 1.807) is 6.33 Å². The van der Waals surface area contributed by atoms with Crippen molar-refractivity contribution in [3.05, 3.63) is 12.2 Å². The summed E-state index contributed by atoms with van der Waals surface area (Å²) < 4.78 is 6.94. The smallest absolute Gasteiger partial charge is 0.316 e. The van der Waals surface area contributed by atoms with Gasteiger partial charge in [-0.05, 0) is 32.6 Å². The van der Waals surface area contributed by atoms with Crippen molar-refractivity contribution in [3.8, 4) is 0 Å². The average Bonchev–Trinajstić information content (AvgIpc) is 2.99. The fraction of sp³-hybridized carbons (Fsp3) is 0.769. The molecule has 18 heavy (non-hydrogen) atoms. The highest BCUT2D eigenvalue weighted by molar-refractivity contribution is 5.77. The first kappa shape index (κ1) is 13.1. The molecule has 100 valence electrons. The molecule has 1 aliphatic rings. The number of carbonyl (C=O) groups is 1. The Labute approximate surface area is 108 Å². The molecule has 0 aromatic carbocycles. The van der Waals surface area contributed by atoms with E-state index in [-0.39, 0.29) is 17.9 Å². The van der Waals surface area contributed by atoms with Crippen molar-refractivity contribution in [1.82, 2.24) is 14.8 Å². The Bertz CT molecular complexity index is 408. The molecule has 1 aromatic heterocycles. The van der Waals surface area contributed by atoms with Crippen LogP contribution in [-0.2, 0) is 9.53 Å². The van der Waals surface area contributed by atoms with Crippen LogP contribution in [0.1, 0.15) is 57.3 Å². The Morgan fingerprint density at radius 1 is 1.44 bits per heavy atom. The molecule has 0 bridgehead atoms. The second-order valence-corrected chi connectivity index (χ2v) is 5.24. The van der Waals surface area contributed by atoms with Gasteiger partial charge in [-0.15, -0.1) is 10.2 Å². The second kappa shape index (κ2) is 5.50. The van der Waals surface area contributed by atoms with Gasteiger partial charge in [-0.25, -0.2) is 0 Å². The summed E-state index contributed by atoms with van der Waals surface area (Å²) in [4.78, 5) is 12.1. The van der Waals surface area contributed by atoms with Crippen LogP contribution in [0.4, 0.5) is 0 Å². The number of carbonyl (C=O) groups excluding carboxylic acids is 1. The summed E-state index contributed by atoms with van der Waals surface area (Å²) in [5.74, 6) is 0.655. The van der Waals surface area contributed by atoms with Gasteiger partial charge >= 0.3 is 5.97 Å². The Hall–Kier alpha value is -1.39. The number of hydrogen-bond donors (Lipinski definition) is 0. The number of rotatable bonds is 4. The normalized spacial score (nSPS) is 18.2. The number of nitrogens with zero attached hydrogens (tertiary/aromatic N) is 3. The largest absolute Gasteiger partial charge is 0.468 e. The van der Waals surface area contributed by atoms with E-state index in [4.69, 9.17) is 4.74 Å². The summed E-state index contributed by atoms with van der Waals surface area (Å²) in [7, 11) is 1.44. The van der Waals surface area contributed by atoms with Crippen molar-refractivity contribution in [2.24, 2.45) is 5.92 Å². The van der Waals surface area contributed by atoms with Gasteiger partial charge in [-0.1, -0.05) is 12.8 Å². The summed E-state index contributed by atoms with van der Waals surface area (Å²) in [6, 6.07) is 0.253. The van der Waals surface area contributed by atoms with Crippen LogP contribution in [-0.4, -0.2) is 27.8 Å². The van der Waals surface area contributed by atoms with Crippen LogP contribution in [0, 0.1) is 5.92 Å². The maximum Gasteiger partial charge on any atom is 0.316 e. The summed E-state index contributed by atoms with van der Waals surface area (Å²) in [5, 5.41) is 8.12. The van der Waals surface area contributed by atoms with E-state index in [1.807, 2.05) is 4.57 Å². The number of hydrogen-bond acceptors (Lipinski definition) is 4. The van der Waals surface area contributed by atoms with Gasteiger partial charge in [0, 0.05) is 6.04 Å². The molecule has 1 fully saturated rings. The van der Waals surface area contributed by atoms with Gasteiger partial charge in [0.15, 0.2) is 0 Å². The van der Waals surface area contributed by atoms with E-state index in [0.717, 1.165) is 18.7 Å². The van der Waals surface area contributed by atoms with E-state index >= 15 is 0 Å². The molecular weight excluding hydrogens is 230 g/mol. The standard InChI is InChI=1S/C13H21N3O2/c1-9(2)16-8-14-15-12(16)11(13(17)18-3)10-6-4-5-7-10/h8-11H,4-7H2,1-3H3. The van der Waals surface area contributed by atoms with Crippen molar-refractivity contribution < 1.29 is 9.53 Å². The lowest BCUT2D eigenvalue weighted by atomic mass is 9.90. The lowest BCUT2D eigenvalue weighted by molar-refractivity contribution is -0.144. The van der Waals surface area contributed by atoms with E-state index in [2.05, 4.69) is 24.0 Å². The molecule has 1 atom stereocenters. The molecule has 1 aliphatic carbocycles. The lowest BCUT2D eigenvalue weighted by Crippen LogP contribution is -2.25. The van der Waals surface area contributed by atoms with Crippen LogP contribution in [0.5, 0.6) is 0 Å². The zero-order valence-corrected chi connectivity index (χ0v) is 11.3. The Kier molecular flexibility index (Phi) is 3.99. The van der Waals surface area contributed by atoms with Crippen LogP contribution in [0.25, 0.3) is 0 Å². The molecule has 0 saturated heterocycles. The highest BCUT2D eigenvalue weighted by Gasteiger charge is 2.36. The van der Waals surface area contributed by atoms with Gasteiger partial charge in [0.05, 0.1) is 7.11 Å². The molecule has 5 heteroatoms. The number of esters is 1. The summed E-state index contributed by atoms with van der Waals surface area (Å²) in [6.07, 6.45) is 6.22. The number of aromatic nitrogens is 3. The van der Waals surface area contributed by atoms with Gasteiger partial charge in [-0.2, -0.15) is 0 Å². The molecule has 0 spiro atoms. The zero-order chi connectivity index (χ0) is 13.1. The van der Waals surface area contributed by atoms with Crippen molar-refractivity contribution in [3.63, 3.8) is 0 Å². The predicted molar refractivity (Wildman–Crippen MR) is 67.1 cm³/mol. The van der Waals surface area contributed by atoms with E-state index in [1.165, 1.54) is 20.0 Å². The van der Waals surface area contributed by atoms with Crippen molar-refractivity contribution in [2.45, 2.75) is 51.5 Å². The van der Waals surface area contributed by atoms with Crippen LogP contribution in [0.2, 0.25) is 0 Å². The van der Waals surface area contributed by atoms with Gasteiger partial charge < -0.3 is 9.30 Å². The topological polar surface area (TPSA) is 57.0 Å². The summed E-state index contributed by atoms with van der Waals surface area (Å²) in [6.45, 7) is 4.13. The van der Waals surface area contributed by atoms with Crippen LogP contribution >= 0.6 is 0 Å². The van der Waals surface area contributed by atoms with E-state index in [9.17, 15) is 4.79 Å². The fourth-order valence-electron chi connectivity index (χ4n) is 2.80. The van der Waals surface area contributed by atoms with Crippen LogP contribution in [0.3, 0.4) is 0 Å². The molecule has 0 radical (unpaired) electrons. The molecular formula is C13H21N3O2. The molecule has 0 N–H and O–H groups in total. The first-order valence-corrected chi connectivity index (χ1v) is 6.62. The monoisotopic (exact) mass is 251 g/mol. The minimum Gasteiger partial charge on any atom is -0.468 e. The van der Waals surface area contributed by atoms with E-state index < -0.39 is 0 Å². The molecule has 1 aromatic rings. The van der Waals surface area contributed by atoms with Gasteiger partial charge in [0.1, 0.15) is 18.1 Å². The minimum absolute atomic E-state index is 0.184. The molecule has 1 unspecified atom stereocenters. The summed E-state index contributed by atoms with van der Waals surface area (Å²) >= 11 is 0. The Morgan fingerprint density at radius 2 is 2.11 bits per heavy atom. The summed E-state index contributed by atoms with van der Waals surface area (Å²) in [5.41, 5.74) is 0. The van der Waals surface area contributed by atoms with Crippen LogP contribution in [0.15, 0.2) is 6.33 Å². The molecule has 0 amide bonds. The van der Waals surface area contributed by atoms with Crippen LogP contribution < -0.4 is 0 Å². The van der Waals surface area contributed by atoms with E-state index in [0.29, 0.717) is 5.92 Å². The molecule has 1 saturated carbocycles. The first-order chi connectivity index (χ1) is 8.65. The van der Waals surface area contributed by atoms with Gasteiger partial charge in [-0.3, -0.25) is 4.79 Å². The van der Waals surface area contributed by atoms with Gasteiger partial charge in [0.25, 0.3) is 0 Å². The third kappa shape index (κ3) is 2.40. The number of methoxy groups -OCH3 is 1. The molecule has 1 heterocycles. The third-order valence-electron chi connectivity index (χ3n) is 3.76. The Morgan fingerprint density at radius 3 is 2.67 bits per heavy atom. The molecule has 0 aliphatic heterocycles. The third-order valence-corrected chi connectivity index (χ3v) is 3.76.